The van der Waals surface area contributed by atoms with Crippen molar-refractivity contribution in [2.45, 2.75) is 6.04 Å². The van der Waals surface area contributed by atoms with E-state index in [9.17, 15) is 15.2 Å². The van der Waals surface area contributed by atoms with Crippen molar-refractivity contribution >= 4 is 33.0 Å². The van der Waals surface area contributed by atoms with Crippen molar-refractivity contribution in [1.82, 2.24) is 10.2 Å². The van der Waals surface area contributed by atoms with Gasteiger partial charge in [0.05, 0.1) is 15.4 Å². The van der Waals surface area contributed by atoms with Crippen molar-refractivity contribution in [3.8, 4) is 5.75 Å². The van der Waals surface area contributed by atoms with Crippen LogP contribution in [-0.4, -0.2) is 41.1 Å². The fraction of sp³-hybridized carbons (Fsp3) is 0.333. The smallest absolute Gasteiger partial charge is 0.271 e. The molecule has 3 rings (SSSR count). The second kappa shape index (κ2) is 6.96. The number of rotatable bonds is 4. The lowest BCUT2D eigenvalue weighted by molar-refractivity contribution is -0.385. The molecule has 2 aromatic rings. The Balaban J connectivity index is 2.11. The highest BCUT2D eigenvalue weighted by Crippen LogP contribution is 2.42. The first-order valence-corrected chi connectivity index (χ1v) is 8.90. The standard InChI is InChI=1S/C15H16BrN3O3S/c16-12-9-10(19(21)22)8-11(15(12)20)14(13-2-1-7-23-13)18-5-3-17-4-6-18/h1-2,7-9,14,17,20H,3-6H2/t14-/m0/s1. The highest BCUT2D eigenvalue weighted by atomic mass is 79.9. The molecule has 1 atom stereocenters. The molecule has 1 aliphatic heterocycles. The number of benzene rings is 1. The van der Waals surface area contributed by atoms with Gasteiger partial charge in [0.1, 0.15) is 5.75 Å². The largest absolute Gasteiger partial charge is 0.506 e. The van der Waals surface area contributed by atoms with E-state index in [1.807, 2.05) is 17.5 Å². The van der Waals surface area contributed by atoms with Gasteiger partial charge in [0.25, 0.3) is 5.69 Å². The summed E-state index contributed by atoms with van der Waals surface area (Å²) in [7, 11) is 0. The summed E-state index contributed by atoms with van der Waals surface area (Å²) >= 11 is 4.83. The number of nitro benzene ring substituents is 1. The van der Waals surface area contributed by atoms with E-state index in [1.54, 1.807) is 11.3 Å². The van der Waals surface area contributed by atoms with E-state index in [0.29, 0.717) is 10.0 Å². The van der Waals surface area contributed by atoms with Crippen molar-refractivity contribution < 1.29 is 10.0 Å². The Labute approximate surface area is 146 Å². The van der Waals surface area contributed by atoms with Gasteiger partial charge in [-0.2, -0.15) is 0 Å². The number of thiophene rings is 1. The number of nitrogens with zero attached hydrogens (tertiary/aromatic N) is 2. The Morgan fingerprint density at radius 2 is 2.13 bits per heavy atom. The summed E-state index contributed by atoms with van der Waals surface area (Å²) in [4.78, 5) is 14.1. The topological polar surface area (TPSA) is 78.6 Å². The fourth-order valence-electron chi connectivity index (χ4n) is 2.84. The van der Waals surface area contributed by atoms with Gasteiger partial charge in [-0.1, -0.05) is 6.07 Å². The minimum Gasteiger partial charge on any atom is -0.506 e. The summed E-state index contributed by atoms with van der Waals surface area (Å²) in [5, 5.41) is 27.0. The summed E-state index contributed by atoms with van der Waals surface area (Å²) in [6.45, 7) is 3.36. The van der Waals surface area contributed by atoms with Crippen LogP contribution in [0.3, 0.4) is 0 Å². The van der Waals surface area contributed by atoms with E-state index in [1.165, 1.54) is 12.1 Å². The van der Waals surface area contributed by atoms with Crippen LogP contribution in [0.1, 0.15) is 16.5 Å². The predicted octanol–water partition coefficient (Wildman–Crippen LogP) is 3.12. The van der Waals surface area contributed by atoms with E-state index in [0.717, 1.165) is 31.1 Å². The van der Waals surface area contributed by atoms with E-state index in [-0.39, 0.29) is 17.5 Å². The summed E-state index contributed by atoms with van der Waals surface area (Å²) < 4.78 is 0.346. The summed E-state index contributed by atoms with van der Waals surface area (Å²) in [6, 6.07) is 6.59. The maximum Gasteiger partial charge on any atom is 0.271 e. The number of non-ortho nitro benzene ring substituents is 1. The molecule has 1 saturated heterocycles. The zero-order chi connectivity index (χ0) is 16.4. The van der Waals surface area contributed by atoms with E-state index in [4.69, 9.17) is 0 Å². The minimum absolute atomic E-state index is 0.0265. The van der Waals surface area contributed by atoms with Crippen molar-refractivity contribution in [3.05, 3.63) is 54.7 Å². The molecule has 23 heavy (non-hydrogen) atoms. The Bertz CT molecular complexity index is 702. The van der Waals surface area contributed by atoms with Gasteiger partial charge in [-0.05, 0) is 27.4 Å². The van der Waals surface area contributed by atoms with Crippen LogP contribution in [0.15, 0.2) is 34.1 Å². The third-order valence-corrected chi connectivity index (χ3v) is 5.44. The maximum absolute atomic E-state index is 11.2. The molecule has 0 aliphatic carbocycles. The molecule has 0 amide bonds. The minimum atomic E-state index is -0.434. The van der Waals surface area contributed by atoms with Crippen molar-refractivity contribution in [2.75, 3.05) is 26.2 Å². The Morgan fingerprint density at radius 1 is 1.39 bits per heavy atom. The van der Waals surface area contributed by atoms with Crippen LogP contribution in [0, 0.1) is 10.1 Å². The second-order valence-electron chi connectivity index (χ2n) is 5.33. The molecule has 0 radical (unpaired) electrons. The van der Waals surface area contributed by atoms with Gasteiger partial charge in [-0.25, -0.2) is 0 Å². The molecule has 0 unspecified atom stereocenters. The Kier molecular flexibility index (Phi) is 4.96. The van der Waals surface area contributed by atoms with E-state index >= 15 is 0 Å². The van der Waals surface area contributed by atoms with Crippen LogP contribution < -0.4 is 5.32 Å². The molecule has 6 nitrogen and oxygen atoms in total. The maximum atomic E-state index is 11.2. The average molecular weight is 398 g/mol. The number of halogens is 1. The number of nitro groups is 1. The molecule has 1 aliphatic rings. The number of aromatic hydroxyl groups is 1. The molecule has 2 heterocycles. The number of hydrogen-bond acceptors (Lipinski definition) is 6. The Morgan fingerprint density at radius 3 is 2.74 bits per heavy atom. The molecule has 0 saturated carbocycles. The highest BCUT2D eigenvalue weighted by molar-refractivity contribution is 9.10. The summed E-state index contributed by atoms with van der Waals surface area (Å²) in [5.74, 6) is 0.0625. The van der Waals surface area contributed by atoms with Crippen molar-refractivity contribution in [1.29, 1.82) is 0 Å². The Hall–Kier alpha value is -1.48. The van der Waals surface area contributed by atoms with Gasteiger partial charge in [0, 0.05) is 48.8 Å². The normalized spacial score (nSPS) is 17.1. The van der Waals surface area contributed by atoms with Gasteiger partial charge >= 0.3 is 0 Å². The monoisotopic (exact) mass is 397 g/mol. The molecular formula is C15H16BrN3O3S. The van der Waals surface area contributed by atoms with Crippen LogP contribution in [0.25, 0.3) is 0 Å². The molecule has 1 fully saturated rings. The molecule has 122 valence electrons. The summed E-state index contributed by atoms with van der Waals surface area (Å²) in [5.41, 5.74) is 0.539. The molecular weight excluding hydrogens is 382 g/mol. The zero-order valence-electron chi connectivity index (χ0n) is 12.2. The predicted molar refractivity (Wildman–Crippen MR) is 93.1 cm³/mol. The van der Waals surface area contributed by atoms with E-state index in [2.05, 4.69) is 26.1 Å². The van der Waals surface area contributed by atoms with Gasteiger partial charge in [-0.3, -0.25) is 15.0 Å². The quantitative estimate of drug-likeness (QED) is 0.611. The van der Waals surface area contributed by atoms with Crippen LogP contribution in [0.5, 0.6) is 5.75 Å². The van der Waals surface area contributed by atoms with Gasteiger partial charge < -0.3 is 10.4 Å². The molecule has 2 N–H and O–H groups in total. The lowest BCUT2D eigenvalue weighted by atomic mass is 10.0. The van der Waals surface area contributed by atoms with Gasteiger partial charge in [0.2, 0.25) is 0 Å². The third kappa shape index (κ3) is 3.40. The number of piperazine rings is 1. The molecule has 1 aromatic carbocycles. The van der Waals surface area contributed by atoms with Gasteiger partial charge in [-0.15, -0.1) is 11.3 Å². The fourth-order valence-corrected chi connectivity index (χ4v) is 4.18. The number of phenolic OH excluding ortho intramolecular Hbond substituents is 1. The first-order chi connectivity index (χ1) is 11.1. The highest BCUT2D eigenvalue weighted by Gasteiger charge is 2.29. The molecule has 0 bridgehead atoms. The van der Waals surface area contributed by atoms with Crippen LogP contribution in [-0.2, 0) is 0 Å². The SMILES string of the molecule is O=[N+]([O-])c1cc(Br)c(O)c([C@@H](c2cccs2)N2CCNCC2)c1. The molecule has 0 spiro atoms. The average Bonchev–Trinajstić information content (AvgIpc) is 3.06. The first-order valence-electron chi connectivity index (χ1n) is 7.23. The number of phenols is 1. The van der Waals surface area contributed by atoms with Crippen LogP contribution in [0.2, 0.25) is 0 Å². The van der Waals surface area contributed by atoms with Crippen LogP contribution in [0.4, 0.5) is 5.69 Å². The van der Waals surface area contributed by atoms with Crippen molar-refractivity contribution in [2.24, 2.45) is 0 Å². The first kappa shape index (κ1) is 16.4. The van der Waals surface area contributed by atoms with Gasteiger partial charge in [0.15, 0.2) is 0 Å². The third-order valence-electron chi connectivity index (χ3n) is 3.91. The number of hydrogen-bond donors (Lipinski definition) is 2. The lowest BCUT2D eigenvalue weighted by Gasteiger charge is -2.35. The van der Waals surface area contributed by atoms with Crippen LogP contribution >= 0.6 is 27.3 Å². The van der Waals surface area contributed by atoms with E-state index < -0.39 is 4.92 Å². The number of nitrogens with one attached hydrogen (secondary N) is 1. The molecule has 1 aromatic heterocycles. The second-order valence-corrected chi connectivity index (χ2v) is 7.16. The molecule has 8 heteroatoms. The van der Waals surface area contributed by atoms with Crippen molar-refractivity contribution in [3.63, 3.8) is 0 Å². The zero-order valence-corrected chi connectivity index (χ0v) is 14.6. The summed E-state index contributed by atoms with van der Waals surface area (Å²) in [6.07, 6.45) is 0. The lowest BCUT2D eigenvalue weighted by Crippen LogP contribution is -2.45.